The van der Waals surface area contributed by atoms with Gasteiger partial charge in [0.1, 0.15) is 6.61 Å². The Labute approximate surface area is 126 Å². The van der Waals surface area contributed by atoms with Crippen molar-refractivity contribution < 1.29 is 13.2 Å². The molecular weight excluding hydrogens is 288 g/mol. The number of benzene rings is 1. The molecule has 0 fully saturated rings. The third-order valence-electron chi connectivity index (χ3n) is 3.97. The molecule has 21 heavy (non-hydrogen) atoms. The summed E-state index contributed by atoms with van der Waals surface area (Å²) in [5.41, 5.74) is 4.50. The van der Waals surface area contributed by atoms with Crippen LogP contribution in [-0.4, -0.2) is 40.3 Å². The van der Waals surface area contributed by atoms with E-state index in [9.17, 15) is 8.42 Å². The van der Waals surface area contributed by atoms with E-state index in [0.717, 1.165) is 22.3 Å². The molecule has 0 N–H and O–H groups in total. The van der Waals surface area contributed by atoms with Crippen molar-refractivity contribution in [3.05, 3.63) is 28.3 Å². The summed E-state index contributed by atoms with van der Waals surface area (Å²) >= 11 is 0. The van der Waals surface area contributed by atoms with Crippen molar-refractivity contribution in [2.75, 3.05) is 24.2 Å². The molecule has 116 valence electrons. The summed E-state index contributed by atoms with van der Waals surface area (Å²) in [5, 5.41) is 0. The Balaban J connectivity index is 2.72. The SMILES string of the molecule is Cc1cc(C2=N[C@@H](C)CO2)c(N(C)S(C)(=O)=O)c(C)c1C. The van der Waals surface area contributed by atoms with Gasteiger partial charge in [0, 0.05) is 7.05 Å². The molecule has 0 unspecified atom stereocenters. The van der Waals surface area contributed by atoms with Crippen LogP contribution >= 0.6 is 0 Å². The van der Waals surface area contributed by atoms with Gasteiger partial charge in [-0.15, -0.1) is 0 Å². The standard InChI is InChI=1S/C15H22N2O3S/c1-9-7-13(15-16-10(2)8-20-15)14(12(4)11(9)3)17(5)21(6,18)19/h7,10H,8H2,1-6H3/t10-/m0/s1. The third kappa shape index (κ3) is 2.90. The minimum atomic E-state index is -3.35. The molecule has 1 aliphatic rings. The molecule has 0 saturated carbocycles. The van der Waals surface area contributed by atoms with Gasteiger partial charge in [-0.05, 0) is 50.5 Å². The molecule has 0 radical (unpaired) electrons. The highest BCUT2D eigenvalue weighted by Crippen LogP contribution is 2.32. The van der Waals surface area contributed by atoms with Crippen LogP contribution in [0.3, 0.4) is 0 Å². The van der Waals surface area contributed by atoms with Crippen LogP contribution in [0.15, 0.2) is 11.1 Å². The molecule has 1 heterocycles. The molecule has 0 spiro atoms. The van der Waals surface area contributed by atoms with Crippen LogP contribution < -0.4 is 4.31 Å². The Morgan fingerprint density at radius 3 is 2.38 bits per heavy atom. The summed E-state index contributed by atoms with van der Waals surface area (Å²) in [7, 11) is -1.79. The van der Waals surface area contributed by atoms with E-state index in [1.54, 1.807) is 7.05 Å². The highest BCUT2D eigenvalue weighted by molar-refractivity contribution is 7.92. The lowest BCUT2D eigenvalue weighted by molar-refractivity contribution is 0.324. The van der Waals surface area contributed by atoms with Gasteiger partial charge in [0.25, 0.3) is 0 Å². The van der Waals surface area contributed by atoms with Gasteiger partial charge in [0.05, 0.1) is 23.5 Å². The quantitative estimate of drug-likeness (QED) is 0.859. The summed E-state index contributed by atoms with van der Waals surface area (Å²) in [6, 6.07) is 2.05. The number of nitrogens with zero attached hydrogens (tertiary/aromatic N) is 2. The Bertz CT molecular complexity index is 708. The highest BCUT2D eigenvalue weighted by atomic mass is 32.2. The highest BCUT2D eigenvalue weighted by Gasteiger charge is 2.26. The predicted molar refractivity (Wildman–Crippen MR) is 85.9 cm³/mol. The number of anilines is 1. The first-order chi connectivity index (χ1) is 9.62. The predicted octanol–water partition coefficient (Wildman–Crippen LogP) is 2.17. The van der Waals surface area contributed by atoms with E-state index in [0.29, 0.717) is 18.2 Å². The Morgan fingerprint density at radius 2 is 1.90 bits per heavy atom. The van der Waals surface area contributed by atoms with Crippen LogP contribution in [-0.2, 0) is 14.8 Å². The van der Waals surface area contributed by atoms with Gasteiger partial charge in [-0.3, -0.25) is 4.31 Å². The van der Waals surface area contributed by atoms with Crippen molar-refractivity contribution in [3.8, 4) is 0 Å². The number of aliphatic imine (C=N–C) groups is 1. The molecule has 1 aliphatic heterocycles. The van der Waals surface area contributed by atoms with Crippen LogP contribution in [0.5, 0.6) is 0 Å². The lowest BCUT2D eigenvalue weighted by Crippen LogP contribution is -2.28. The monoisotopic (exact) mass is 310 g/mol. The summed E-state index contributed by atoms with van der Waals surface area (Å²) in [6.45, 7) is 8.44. The molecule has 1 aromatic carbocycles. The van der Waals surface area contributed by atoms with Crippen LogP contribution in [0.4, 0.5) is 5.69 Å². The molecule has 0 aliphatic carbocycles. The average Bonchev–Trinajstić information content (AvgIpc) is 2.80. The molecule has 2 rings (SSSR count). The molecule has 1 atom stereocenters. The second-order valence-electron chi connectivity index (χ2n) is 5.66. The molecule has 1 aromatic rings. The van der Waals surface area contributed by atoms with Crippen molar-refractivity contribution in [1.82, 2.24) is 0 Å². The van der Waals surface area contributed by atoms with Crippen molar-refractivity contribution in [1.29, 1.82) is 0 Å². The molecule has 0 saturated heterocycles. The normalized spacial score (nSPS) is 18.4. The number of aryl methyl sites for hydroxylation is 1. The van der Waals surface area contributed by atoms with E-state index in [1.807, 2.05) is 33.8 Å². The number of hydrogen-bond acceptors (Lipinski definition) is 4. The van der Waals surface area contributed by atoms with Gasteiger partial charge in [0.15, 0.2) is 0 Å². The smallest absolute Gasteiger partial charge is 0.232 e. The zero-order valence-electron chi connectivity index (χ0n) is 13.4. The van der Waals surface area contributed by atoms with Gasteiger partial charge >= 0.3 is 0 Å². The van der Waals surface area contributed by atoms with Crippen LogP contribution in [0.2, 0.25) is 0 Å². The average molecular weight is 310 g/mol. The lowest BCUT2D eigenvalue weighted by atomic mass is 9.97. The Hall–Kier alpha value is -1.56. The maximum atomic E-state index is 12.0. The van der Waals surface area contributed by atoms with Crippen molar-refractivity contribution in [2.24, 2.45) is 4.99 Å². The van der Waals surface area contributed by atoms with E-state index in [-0.39, 0.29) is 6.04 Å². The zero-order chi connectivity index (χ0) is 15.9. The number of hydrogen-bond donors (Lipinski definition) is 0. The first-order valence-electron chi connectivity index (χ1n) is 6.88. The maximum Gasteiger partial charge on any atom is 0.232 e. The fourth-order valence-electron chi connectivity index (χ4n) is 2.42. The minimum Gasteiger partial charge on any atom is -0.475 e. The summed E-state index contributed by atoms with van der Waals surface area (Å²) in [4.78, 5) is 4.47. The Morgan fingerprint density at radius 1 is 1.29 bits per heavy atom. The van der Waals surface area contributed by atoms with E-state index < -0.39 is 10.0 Å². The van der Waals surface area contributed by atoms with E-state index in [4.69, 9.17) is 4.74 Å². The second-order valence-corrected chi connectivity index (χ2v) is 7.68. The van der Waals surface area contributed by atoms with Crippen molar-refractivity contribution in [2.45, 2.75) is 33.7 Å². The molecule has 5 nitrogen and oxygen atoms in total. The number of rotatable bonds is 3. The first-order valence-corrected chi connectivity index (χ1v) is 8.73. The summed E-state index contributed by atoms with van der Waals surface area (Å²) in [6.07, 6.45) is 1.20. The van der Waals surface area contributed by atoms with Gasteiger partial charge in [-0.1, -0.05) is 0 Å². The van der Waals surface area contributed by atoms with Crippen molar-refractivity contribution in [3.63, 3.8) is 0 Å². The van der Waals surface area contributed by atoms with E-state index in [2.05, 4.69) is 4.99 Å². The third-order valence-corrected chi connectivity index (χ3v) is 5.14. The maximum absolute atomic E-state index is 12.0. The Kier molecular flexibility index (Phi) is 4.02. The van der Waals surface area contributed by atoms with Gasteiger partial charge in [-0.25, -0.2) is 13.4 Å². The molecule has 0 bridgehead atoms. The van der Waals surface area contributed by atoms with Crippen molar-refractivity contribution >= 4 is 21.6 Å². The molecule has 0 amide bonds. The largest absolute Gasteiger partial charge is 0.475 e. The molecule has 0 aromatic heterocycles. The zero-order valence-corrected chi connectivity index (χ0v) is 14.2. The second kappa shape index (κ2) is 5.33. The topological polar surface area (TPSA) is 59.0 Å². The van der Waals surface area contributed by atoms with Gasteiger partial charge < -0.3 is 4.74 Å². The molecule has 6 heteroatoms. The fraction of sp³-hybridized carbons (Fsp3) is 0.533. The summed E-state index contributed by atoms with van der Waals surface area (Å²) < 4.78 is 30.9. The first kappa shape index (κ1) is 15.8. The minimum absolute atomic E-state index is 0.0957. The molecular formula is C15H22N2O3S. The van der Waals surface area contributed by atoms with E-state index >= 15 is 0 Å². The van der Waals surface area contributed by atoms with Gasteiger partial charge in [-0.2, -0.15) is 0 Å². The van der Waals surface area contributed by atoms with Crippen LogP contribution in [0.25, 0.3) is 0 Å². The van der Waals surface area contributed by atoms with Crippen LogP contribution in [0.1, 0.15) is 29.2 Å². The van der Waals surface area contributed by atoms with E-state index in [1.165, 1.54) is 10.6 Å². The van der Waals surface area contributed by atoms with Crippen LogP contribution in [0, 0.1) is 20.8 Å². The summed E-state index contributed by atoms with van der Waals surface area (Å²) in [5.74, 6) is 0.527. The number of ether oxygens (including phenoxy) is 1. The number of sulfonamides is 1. The van der Waals surface area contributed by atoms with Gasteiger partial charge in [0.2, 0.25) is 15.9 Å². The fourth-order valence-corrected chi connectivity index (χ4v) is 2.99. The lowest BCUT2D eigenvalue weighted by Gasteiger charge is -2.24.